The third kappa shape index (κ3) is 5.79. The lowest BCUT2D eigenvalue weighted by atomic mass is 9.78. The van der Waals surface area contributed by atoms with Crippen molar-refractivity contribution in [3.05, 3.63) is 0 Å². The van der Waals surface area contributed by atoms with E-state index in [2.05, 4.69) is 38.3 Å². The van der Waals surface area contributed by atoms with E-state index in [9.17, 15) is 9.59 Å². The molecule has 2 aliphatic carbocycles. The minimum atomic E-state index is -0.379. The summed E-state index contributed by atoms with van der Waals surface area (Å²) in [6.45, 7) is 8.35. The molecule has 3 amide bonds. The predicted octanol–water partition coefficient (Wildman–Crippen LogP) is 5.11. The minimum absolute atomic E-state index is 0.0250. The van der Waals surface area contributed by atoms with Gasteiger partial charge in [-0.1, -0.05) is 38.5 Å². The van der Waals surface area contributed by atoms with E-state index in [4.69, 9.17) is 4.74 Å². The van der Waals surface area contributed by atoms with Gasteiger partial charge in [0.25, 0.3) is 0 Å². The number of nitrogens with zero attached hydrogens (tertiary/aromatic N) is 1. The van der Waals surface area contributed by atoms with Crippen LogP contribution in [0.15, 0.2) is 0 Å². The molecule has 29 heavy (non-hydrogen) atoms. The quantitative estimate of drug-likeness (QED) is 0.683. The molecule has 6 heteroatoms. The van der Waals surface area contributed by atoms with Crippen LogP contribution in [0.3, 0.4) is 0 Å². The lowest BCUT2D eigenvalue weighted by molar-refractivity contribution is -0.0564. The molecule has 6 nitrogen and oxygen atoms in total. The van der Waals surface area contributed by atoms with Crippen molar-refractivity contribution in [1.29, 1.82) is 0 Å². The van der Waals surface area contributed by atoms with E-state index >= 15 is 0 Å². The summed E-state index contributed by atoms with van der Waals surface area (Å²) in [7, 11) is 0. The fourth-order valence-corrected chi connectivity index (χ4v) is 5.91. The van der Waals surface area contributed by atoms with Crippen LogP contribution in [0.5, 0.6) is 0 Å². The second-order valence-electron chi connectivity index (χ2n) is 10.7. The minimum Gasteiger partial charge on any atom is -0.446 e. The molecule has 0 atom stereocenters. The van der Waals surface area contributed by atoms with Crippen LogP contribution in [-0.4, -0.2) is 46.3 Å². The van der Waals surface area contributed by atoms with E-state index < -0.39 is 0 Å². The van der Waals surface area contributed by atoms with Crippen LogP contribution in [0, 0.1) is 0 Å². The second kappa shape index (κ2) is 9.13. The molecule has 1 aliphatic heterocycles. The molecule has 3 fully saturated rings. The van der Waals surface area contributed by atoms with Gasteiger partial charge in [0.1, 0.15) is 6.10 Å². The molecule has 0 spiro atoms. The third-order valence-corrected chi connectivity index (χ3v) is 7.00. The van der Waals surface area contributed by atoms with Crippen molar-refractivity contribution in [2.75, 3.05) is 0 Å². The number of ether oxygens (including phenoxy) is 1. The summed E-state index contributed by atoms with van der Waals surface area (Å²) in [6.07, 6.45) is 12.4. The molecule has 2 saturated carbocycles. The number of likely N-dealkylation sites (tertiary alicyclic amines) is 1. The van der Waals surface area contributed by atoms with Gasteiger partial charge in [-0.2, -0.15) is 0 Å². The smallest absolute Gasteiger partial charge is 0.407 e. The zero-order valence-corrected chi connectivity index (χ0v) is 18.9. The van der Waals surface area contributed by atoms with Crippen LogP contribution in [0.1, 0.15) is 105 Å². The molecule has 166 valence electrons. The first kappa shape index (κ1) is 22.2. The van der Waals surface area contributed by atoms with E-state index in [1.807, 2.05) is 4.90 Å². The van der Waals surface area contributed by atoms with Crippen LogP contribution in [0.4, 0.5) is 9.59 Å². The number of hydrogen-bond acceptors (Lipinski definition) is 3. The van der Waals surface area contributed by atoms with Gasteiger partial charge in [-0.25, -0.2) is 9.59 Å². The van der Waals surface area contributed by atoms with E-state index in [0.717, 1.165) is 25.7 Å². The summed E-state index contributed by atoms with van der Waals surface area (Å²) < 4.78 is 5.83. The summed E-state index contributed by atoms with van der Waals surface area (Å²) in [5.74, 6) is 0. The average molecular weight is 408 g/mol. The number of hydrogen-bond donors (Lipinski definition) is 2. The van der Waals surface area contributed by atoms with Gasteiger partial charge in [-0.05, 0) is 53.4 Å². The van der Waals surface area contributed by atoms with Crippen molar-refractivity contribution in [3.63, 3.8) is 0 Å². The standard InChI is InChI=1S/C23H41N3O3/c1-22(2)15-19(29-21(28)25-18-13-9-6-10-14-18)16-23(3,4)26(22)20(27)24-17-11-7-5-8-12-17/h17-19H,5-16H2,1-4H3,(H,24,27)(H,25,28). The Bertz CT molecular complexity index is 560. The maximum absolute atomic E-state index is 13.2. The highest BCUT2D eigenvalue weighted by Gasteiger charge is 2.49. The molecule has 3 aliphatic rings. The molecule has 0 aromatic rings. The SMILES string of the molecule is CC1(C)CC(OC(=O)NC2CCCCC2)CC(C)(C)N1C(=O)NC1CCCCC1. The average Bonchev–Trinajstić information content (AvgIpc) is 2.61. The van der Waals surface area contributed by atoms with Crippen LogP contribution < -0.4 is 10.6 Å². The Morgan fingerprint density at radius 3 is 1.69 bits per heavy atom. The number of alkyl carbamates (subject to hydrolysis) is 1. The first-order valence-electron chi connectivity index (χ1n) is 11.8. The predicted molar refractivity (Wildman–Crippen MR) is 115 cm³/mol. The van der Waals surface area contributed by atoms with Gasteiger partial charge in [-0.15, -0.1) is 0 Å². The number of nitrogens with one attached hydrogen (secondary N) is 2. The zero-order valence-electron chi connectivity index (χ0n) is 18.9. The topological polar surface area (TPSA) is 70.7 Å². The fraction of sp³-hybridized carbons (Fsp3) is 0.913. The number of piperidine rings is 1. The second-order valence-corrected chi connectivity index (χ2v) is 10.7. The molecule has 0 aromatic carbocycles. The van der Waals surface area contributed by atoms with E-state index in [1.54, 1.807) is 0 Å². The third-order valence-electron chi connectivity index (χ3n) is 7.00. The Hall–Kier alpha value is -1.46. The van der Waals surface area contributed by atoms with Crippen LogP contribution >= 0.6 is 0 Å². The van der Waals surface area contributed by atoms with Gasteiger partial charge in [0.05, 0.1) is 0 Å². The largest absolute Gasteiger partial charge is 0.446 e. The van der Waals surface area contributed by atoms with E-state index in [1.165, 1.54) is 38.5 Å². The monoisotopic (exact) mass is 407 g/mol. The van der Waals surface area contributed by atoms with Crippen molar-refractivity contribution in [2.24, 2.45) is 0 Å². The van der Waals surface area contributed by atoms with E-state index in [-0.39, 0.29) is 41.4 Å². The van der Waals surface area contributed by atoms with Crippen molar-refractivity contribution in [2.45, 2.75) is 134 Å². The van der Waals surface area contributed by atoms with Gasteiger partial charge in [0.15, 0.2) is 0 Å². The summed E-state index contributed by atoms with van der Waals surface area (Å²) in [5.41, 5.74) is -0.757. The lowest BCUT2D eigenvalue weighted by Crippen LogP contribution is -2.67. The Kier molecular flexibility index (Phi) is 7.00. The number of amides is 3. The van der Waals surface area contributed by atoms with Crippen molar-refractivity contribution in [3.8, 4) is 0 Å². The normalized spacial score (nSPS) is 26.0. The highest BCUT2D eigenvalue weighted by molar-refractivity contribution is 5.76. The molecule has 1 saturated heterocycles. The summed E-state index contributed by atoms with van der Waals surface area (Å²) in [4.78, 5) is 27.6. The molecule has 3 rings (SSSR count). The first-order chi connectivity index (χ1) is 13.7. The molecule has 0 radical (unpaired) electrons. The van der Waals surface area contributed by atoms with Gasteiger partial charge in [-0.3, -0.25) is 0 Å². The molecule has 2 N–H and O–H groups in total. The number of urea groups is 1. The highest BCUT2D eigenvalue weighted by Crippen LogP contribution is 2.40. The fourth-order valence-electron chi connectivity index (χ4n) is 5.91. The molecule has 1 heterocycles. The summed E-state index contributed by atoms with van der Waals surface area (Å²) in [5, 5.41) is 6.33. The number of carbonyl (C=O) groups excluding carboxylic acids is 2. The number of carbonyl (C=O) groups is 2. The molecule has 0 unspecified atom stereocenters. The summed E-state index contributed by atoms with van der Waals surface area (Å²) >= 11 is 0. The number of rotatable bonds is 3. The lowest BCUT2D eigenvalue weighted by Gasteiger charge is -2.54. The Morgan fingerprint density at radius 2 is 1.21 bits per heavy atom. The van der Waals surface area contributed by atoms with Crippen molar-refractivity contribution >= 4 is 12.1 Å². The molecular formula is C23H41N3O3. The molecular weight excluding hydrogens is 366 g/mol. The van der Waals surface area contributed by atoms with Gasteiger partial charge in [0, 0.05) is 36.0 Å². The maximum Gasteiger partial charge on any atom is 0.407 e. The Balaban J connectivity index is 1.58. The molecule has 0 aromatic heterocycles. The van der Waals surface area contributed by atoms with Crippen LogP contribution in [-0.2, 0) is 4.74 Å². The van der Waals surface area contributed by atoms with Crippen LogP contribution in [0.2, 0.25) is 0 Å². The highest BCUT2D eigenvalue weighted by atomic mass is 16.6. The molecule has 0 bridgehead atoms. The van der Waals surface area contributed by atoms with Crippen molar-refractivity contribution in [1.82, 2.24) is 15.5 Å². The Labute approximate surface area is 176 Å². The van der Waals surface area contributed by atoms with Gasteiger partial charge in [0.2, 0.25) is 0 Å². The van der Waals surface area contributed by atoms with Gasteiger partial charge >= 0.3 is 12.1 Å². The summed E-state index contributed by atoms with van der Waals surface area (Å²) in [6, 6.07) is 0.564. The van der Waals surface area contributed by atoms with Crippen LogP contribution in [0.25, 0.3) is 0 Å². The van der Waals surface area contributed by atoms with Crippen molar-refractivity contribution < 1.29 is 14.3 Å². The van der Waals surface area contributed by atoms with E-state index in [0.29, 0.717) is 12.8 Å². The maximum atomic E-state index is 13.2. The zero-order chi connectivity index (χ0) is 21.1. The Morgan fingerprint density at radius 1 is 0.759 bits per heavy atom. The van der Waals surface area contributed by atoms with Gasteiger partial charge < -0.3 is 20.3 Å². The first-order valence-corrected chi connectivity index (χ1v) is 11.8.